The van der Waals surface area contributed by atoms with E-state index in [1.165, 1.54) is 51.5 Å². The Hall–Kier alpha value is -3.33. The molecule has 0 unspecified atom stereocenters. The highest BCUT2D eigenvalue weighted by Gasteiger charge is 2.22. The summed E-state index contributed by atoms with van der Waals surface area (Å²) in [4.78, 5) is 24.2. The van der Waals surface area contributed by atoms with E-state index in [1.807, 2.05) is 6.07 Å². The van der Waals surface area contributed by atoms with Gasteiger partial charge in [0.15, 0.2) is 17.3 Å². The van der Waals surface area contributed by atoms with Crippen molar-refractivity contribution >= 4 is 11.8 Å². The van der Waals surface area contributed by atoms with Crippen LogP contribution < -0.4 is 14.2 Å². The molecule has 0 radical (unpaired) electrons. The third-order valence-electron chi connectivity index (χ3n) is 3.32. The van der Waals surface area contributed by atoms with E-state index >= 15 is 0 Å². The SMILES string of the molecule is COc1ccc(C(C)=O)c(OC(=O)c2ccc(C#N)cc2)c1OC. The standard InChI is InChI=1S/C18H15NO5/c1-11(20)14-8-9-15(22-2)17(23-3)16(14)24-18(21)13-6-4-12(10-19)5-7-13/h4-9H,1-3H3. The minimum Gasteiger partial charge on any atom is -0.493 e. The summed E-state index contributed by atoms with van der Waals surface area (Å²) in [6.45, 7) is 1.36. The van der Waals surface area contributed by atoms with Crippen LogP contribution in [0.25, 0.3) is 0 Å². The summed E-state index contributed by atoms with van der Waals surface area (Å²) in [7, 11) is 2.83. The highest BCUT2D eigenvalue weighted by molar-refractivity contribution is 6.00. The number of nitriles is 1. The normalized spacial score (nSPS) is 9.75. The third kappa shape index (κ3) is 3.36. The summed E-state index contributed by atoms with van der Waals surface area (Å²) in [6.07, 6.45) is 0. The molecule has 2 aromatic rings. The largest absolute Gasteiger partial charge is 0.493 e. The van der Waals surface area contributed by atoms with Gasteiger partial charge in [0.05, 0.1) is 37.0 Å². The molecule has 0 aromatic heterocycles. The Morgan fingerprint density at radius 2 is 1.62 bits per heavy atom. The van der Waals surface area contributed by atoms with E-state index < -0.39 is 5.97 Å². The van der Waals surface area contributed by atoms with Crippen molar-refractivity contribution in [1.29, 1.82) is 5.26 Å². The lowest BCUT2D eigenvalue weighted by Crippen LogP contribution is -2.12. The number of carbonyl (C=O) groups excluding carboxylic acids is 2. The van der Waals surface area contributed by atoms with Gasteiger partial charge in [0.25, 0.3) is 0 Å². The number of ketones is 1. The molecule has 0 amide bonds. The first kappa shape index (κ1) is 17.0. The van der Waals surface area contributed by atoms with Gasteiger partial charge in [-0.2, -0.15) is 5.26 Å². The van der Waals surface area contributed by atoms with Crippen LogP contribution in [0.3, 0.4) is 0 Å². The van der Waals surface area contributed by atoms with E-state index in [9.17, 15) is 9.59 Å². The zero-order valence-corrected chi connectivity index (χ0v) is 13.5. The minimum atomic E-state index is -0.673. The average molecular weight is 325 g/mol. The molecule has 2 rings (SSSR count). The summed E-state index contributed by atoms with van der Waals surface area (Å²) >= 11 is 0. The molecular formula is C18H15NO5. The summed E-state index contributed by atoms with van der Waals surface area (Å²) in [5.41, 5.74) is 0.873. The Balaban J connectivity index is 2.44. The lowest BCUT2D eigenvalue weighted by molar-refractivity contribution is 0.0727. The van der Waals surface area contributed by atoms with E-state index in [0.29, 0.717) is 11.3 Å². The smallest absolute Gasteiger partial charge is 0.343 e. The minimum absolute atomic E-state index is 0.00119. The van der Waals surface area contributed by atoms with Crippen molar-refractivity contribution in [3.63, 3.8) is 0 Å². The fraction of sp³-hybridized carbons (Fsp3) is 0.167. The number of benzene rings is 2. The van der Waals surface area contributed by atoms with Crippen LogP contribution in [0.1, 0.15) is 33.2 Å². The molecule has 0 aliphatic carbocycles. The second kappa shape index (κ2) is 7.29. The van der Waals surface area contributed by atoms with Gasteiger partial charge in [-0.3, -0.25) is 4.79 Å². The second-order valence-corrected chi connectivity index (χ2v) is 4.81. The summed E-state index contributed by atoms with van der Waals surface area (Å²) in [5.74, 6) is -0.455. The summed E-state index contributed by atoms with van der Waals surface area (Å²) in [6, 6.07) is 11.0. The maximum Gasteiger partial charge on any atom is 0.343 e. The van der Waals surface area contributed by atoms with Crippen LogP contribution in [0.5, 0.6) is 17.2 Å². The lowest BCUT2D eigenvalue weighted by atomic mass is 10.1. The second-order valence-electron chi connectivity index (χ2n) is 4.81. The fourth-order valence-electron chi connectivity index (χ4n) is 2.11. The first-order valence-corrected chi connectivity index (χ1v) is 7.00. The number of hydrogen-bond acceptors (Lipinski definition) is 6. The van der Waals surface area contributed by atoms with Crippen molar-refractivity contribution in [3.8, 4) is 23.3 Å². The van der Waals surface area contributed by atoms with Gasteiger partial charge in [-0.05, 0) is 43.3 Å². The van der Waals surface area contributed by atoms with Crippen molar-refractivity contribution in [2.24, 2.45) is 0 Å². The van der Waals surface area contributed by atoms with E-state index in [1.54, 1.807) is 6.07 Å². The van der Waals surface area contributed by atoms with E-state index in [2.05, 4.69) is 0 Å². The zero-order valence-electron chi connectivity index (χ0n) is 13.5. The molecule has 6 nitrogen and oxygen atoms in total. The monoisotopic (exact) mass is 325 g/mol. The van der Waals surface area contributed by atoms with Gasteiger partial charge in [-0.1, -0.05) is 0 Å². The molecule has 0 bridgehead atoms. The summed E-state index contributed by atoms with van der Waals surface area (Å²) in [5, 5.41) is 8.79. The van der Waals surface area contributed by atoms with Crippen molar-refractivity contribution in [1.82, 2.24) is 0 Å². The van der Waals surface area contributed by atoms with E-state index in [0.717, 1.165) is 0 Å². The Kier molecular flexibility index (Phi) is 5.17. The highest BCUT2D eigenvalue weighted by atomic mass is 16.6. The molecule has 0 heterocycles. The van der Waals surface area contributed by atoms with Gasteiger partial charge in [-0.25, -0.2) is 4.79 Å². The van der Waals surface area contributed by atoms with Crippen molar-refractivity contribution in [3.05, 3.63) is 53.1 Å². The van der Waals surface area contributed by atoms with Gasteiger partial charge in [0.2, 0.25) is 5.75 Å². The molecule has 0 aliphatic rings. The molecule has 0 fully saturated rings. The molecule has 0 aliphatic heterocycles. The van der Waals surface area contributed by atoms with Crippen LogP contribution in [0.2, 0.25) is 0 Å². The number of Topliss-reactive ketones (excluding diaryl/α,β-unsaturated/α-hetero) is 1. The highest BCUT2D eigenvalue weighted by Crippen LogP contribution is 2.40. The lowest BCUT2D eigenvalue weighted by Gasteiger charge is -2.15. The van der Waals surface area contributed by atoms with Gasteiger partial charge in [0, 0.05) is 0 Å². The number of nitrogens with zero attached hydrogens (tertiary/aromatic N) is 1. The molecular weight excluding hydrogens is 310 g/mol. The predicted molar refractivity (Wildman–Crippen MR) is 85.7 cm³/mol. The van der Waals surface area contributed by atoms with Gasteiger partial charge >= 0.3 is 5.97 Å². The van der Waals surface area contributed by atoms with Crippen molar-refractivity contribution in [2.45, 2.75) is 6.92 Å². The number of ether oxygens (including phenoxy) is 3. The first-order valence-electron chi connectivity index (χ1n) is 7.00. The van der Waals surface area contributed by atoms with Crippen LogP contribution in [0.15, 0.2) is 36.4 Å². The Bertz CT molecular complexity index is 819. The molecule has 2 aromatic carbocycles. The maximum atomic E-state index is 12.3. The number of hydrogen-bond donors (Lipinski definition) is 0. The fourth-order valence-corrected chi connectivity index (χ4v) is 2.11. The third-order valence-corrected chi connectivity index (χ3v) is 3.32. The molecule has 0 atom stereocenters. The number of carbonyl (C=O) groups is 2. The van der Waals surface area contributed by atoms with E-state index in [4.69, 9.17) is 19.5 Å². The molecule has 6 heteroatoms. The van der Waals surface area contributed by atoms with Gasteiger partial charge < -0.3 is 14.2 Å². The number of rotatable bonds is 5. The van der Waals surface area contributed by atoms with Crippen LogP contribution in [0.4, 0.5) is 0 Å². The van der Waals surface area contributed by atoms with Crippen molar-refractivity contribution in [2.75, 3.05) is 14.2 Å². The molecule has 0 spiro atoms. The average Bonchev–Trinajstić information content (AvgIpc) is 2.60. The topological polar surface area (TPSA) is 85.6 Å². The molecule has 0 saturated carbocycles. The summed E-state index contributed by atoms with van der Waals surface area (Å²) < 4.78 is 15.8. The molecule has 24 heavy (non-hydrogen) atoms. The molecule has 122 valence electrons. The van der Waals surface area contributed by atoms with Crippen LogP contribution in [-0.2, 0) is 0 Å². The Labute approximate surface area is 139 Å². The van der Waals surface area contributed by atoms with Crippen LogP contribution >= 0.6 is 0 Å². The zero-order chi connectivity index (χ0) is 17.7. The predicted octanol–water partition coefficient (Wildman–Crippen LogP) is 3.00. The Morgan fingerprint density at radius 1 is 0.958 bits per heavy atom. The van der Waals surface area contributed by atoms with Gasteiger partial charge in [-0.15, -0.1) is 0 Å². The van der Waals surface area contributed by atoms with Gasteiger partial charge in [0.1, 0.15) is 0 Å². The Morgan fingerprint density at radius 3 is 2.12 bits per heavy atom. The number of methoxy groups -OCH3 is 2. The molecule has 0 saturated heterocycles. The quantitative estimate of drug-likeness (QED) is 0.477. The first-order chi connectivity index (χ1) is 11.5. The number of esters is 1. The van der Waals surface area contributed by atoms with Crippen molar-refractivity contribution < 1.29 is 23.8 Å². The van der Waals surface area contributed by atoms with Crippen LogP contribution in [0, 0.1) is 11.3 Å². The maximum absolute atomic E-state index is 12.3. The molecule has 0 N–H and O–H groups in total. The van der Waals surface area contributed by atoms with Crippen LogP contribution in [-0.4, -0.2) is 26.0 Å². The van der Waals surface area contributed by atoms with E-state index in [-0.39, 0.29) is 28.4 Å².